The molecule has 0 saturated heterocycles. The highest BCUT2D eigenvalue weighted by atomic mass is 16.3. The molecule has 13 aromatic rings. The Bertz CT molecular complexity index is 4800. The lowest BCUT2D eigenvalue weighted by Crippen LogP contribution is -2.62. The zero-order valence-corrected chi connectivity index (χ0v) is 51.2. The van der Waals surface area contributed by atoms with E-state index in [1.165, 1.54) is 88.8 Å². The Morgan fingerprint density at radius 2 is 0.943 bits per heavy atom. The van der Waals surface area contributed by atoms with E-state index in [0.29, 0.717) is 0 Å². The van der Waals surface area contributed by atoms with Crippen LogP contribution in [0.1, 0.15) is 77.6 Å². The van der Waals surface area contributed by atoms with Crippen molar-refractivity contribution >= 4 is 85.2 Å². The summed E-state index contributed by atoms with van der Waals surface area (Å²) in [6, 6.07) is 99.7. The minimum absolute atomic E-state index is 0.0376. The highest BCUT2D eigenvalue weighted by molar-refractivity contribution is 6.94. The van der Waals surface area contributed by atoms with Crippen LogP contribution in [-0.2, 0) is 16.2 Å². The van der Waals surface area contributed by atoms with Crippen LogP contribution < -0.4 is 25.5 Å². The third kappa shape index (κ3) is 8.42. The van der Waals surface area contributed by atoms with Crippen molar-refractivity contribution in [3.05, 3.63) is 289 Å². The van der Waals surface area contributed by atoms with E-state index in [0.717, 1.165) is 67.4 Å². The molecule has 0 atom stereocenters. The largest absolute Gasteiger partial charge is 0.456 e. The van der Waals surface area contributed by atoms with Gasteiger partial charge in [0.15, 0.2) is 0 Å². The number of hydrogen-bond donors (Lipinski definition) is 0. The molecule has 0 radical (unpaired) electrons. The lowest BCUT2D eigenvalue weighted by Gasteiger charge is -2.47. The summed E-state index contributed by atoms with van der Waals surface area (Å²) in [7, 11) is 0. The maximum absolute atomic E-state index is 6.94. The minimum atomic E-state index is -0.360. The molecule has 2 aliphatic heterocycles. The number of anilines is 8. The van der Waals surface area contributed by atoms with E-state index >= 15 is 0 Å². The van der Waals surface area contributed by atoms with Crippen molar-refractivity contribution < 1.29 is 4.42 Å². The monoisotopic (exact) mass is 1130 g/mol. The normalized spacial score (nSPS) is 13.7. The SMILES string of the molecule is CC(C)(C)c1ccc(N2B3c4ccc(N(c5ccc(-c6ccccc6)cc5)c5ccc(-c6ccccc6)cc5)cc4N(c4ccc(C(C)(C)C)cc4-c4ccccc4)c4cc5c(c(c43)-c3c2ccc2oc4ccccc4c32)C(C)(C)c2ccccc2-5)cc1. The molecule has 0 bridgehead atoms. The minimum Gasteiger partial charge on any atom is -0.456 e. The molecule has 0 saturated carbocycles. The fourth-order valence-electron chi connectivity index (χ4n) is 14.7. The Morgan fingerprint density at radius 1 is 0.398 bits per heavy atom. The summed E-state index contributed by atoms with van der Waals surface area (Å²) in [5.41, 5.74) is 30.0. The van der Waals surface area contributed by atoms with Crippen LogP contribution in [-0.4, -0.2) is 6.85 Å². The van der Waals surface area contributed by atoms with Gasteiger partial charge in [0.2, 0.25) is 0 Å². The standard InChI is InChI=1S/C83H68BN3O/c1-81(2,3)58-36-43-62(44-37-58)87-71-48-49-75-76(65-29-19-21-31-74(65)88-75)77(71)78-79-67(64-28-18-20-30-68(64)83(79,7)8)52-73-80(78)84(87)69-46-45-63(51-72(69)86(73)70-47-38-59(82(4,5)6)50-66(70)57-26-16-11-17-27-57)85(60-39-32-55(33-40-60)53-22-12-9-13-23-53)61-41-34-56(35-42-61)54-24-14-10-15-25-54/h9-52H,1-8H3. The van der Waals surface area contributed by atoms with Gasteiger partial charge >= 0.3 is 6.85 Å². The molecule has 1 aliphatic carbocycles. The summed E-state index contributed by atoms with van der Waals surface area (Å²) in [6.45, 7) is 18.5. The first-order valence-electron chi connectivity index (χ1n) is 31.1. The Morgan fingerprint density at radius 3 is 1.58 bits per heavy atom. The molecule has 1 aromatic heterocycles. The molecule has 4 nitrogen and oxygen atoms in total. The van der Waals surface area contributed by atoms with Gasteiger partial charge in [-0.3, -0.25) is 0 Å². The topological polar surface area (TPSA) is 22.9 Å². The Balaban J connectivity index is 1.04. The molecule has 12 aromatic carbocycles. The van der Waals surface area contributed by atoms with Crippen molar-refractivity contribution in [2.75, 3.05) is 14.6 Å². The molecule has 0 fully saturated rings. The van der Waals surface area contributed by atoms with Crippen molar-refractivity contribution in [1.82, 2.24) is 0 Å². The number of nitrogens with zero attached hydrogens (tertiary/aromatic N) is 3. The average molecular weight is 1130 g/mol. The van der Waals surface area contributed by atoms with Crippen LogP contribution in [0.15, 0.2) is 271 Å². The van der Waals surface area contributed by atoms with Crippen LogP contribution in [0.25, 0.3) is 77.6 Å². The lowest BCUT2D eigenvalue weighted by molar-refractivity contribution is 0.590. The average Bonchev–Trinajstić information content (AvgIpc) is 1.26. The van der Waals surface area contributed by atoms with E-state index in [-0.39, 0.29) is 23.1 Å². The predicted molar refractivity (Wildman–Crippen MR) is 373 cm³/mol. The van der Waals surface area contributed by atoms with Crippen LogP contribution in [0, 0.1) is 0 Å². The number of fused-ring (bicyclic) bond motifs is 12. The van der Waals surface area contributed by atoms with Crippen LogP contribution >= 0.6 is 0 Å². The molecule has 0 spiro atoms. The Labute approximate surface area is 517 Å². The maximum Gasteiger partial charge on any atom is 0.333 e. The Kier molecular flexibility index (Phi) is 12.1. The van der Waals surface area contributed by atoms with Gasteiger partial charge in [0.25, 0.3) is 0 Å². The second kappa shape index (κ2) is 20.0. The number of benzene rings is 12. The predicted octanol–water partition coefficient (Wildman–Crippen LogP) is 21.7. The summed E-state index contributed by atoms with van der Waals surface area (Å²) >= 11 is 0. The molecular weight excluding hydrogens is 1070 g/mol. The third-order valence-corrected chi connectivity index (χ3v) is 19.1. The second-order valence-electron chi connectivity index (χ2n) is 26.9. The summed E-state index contributed by atoms with van der Waals surface area (Å²) in [5, 5.41) is 2.26. The smallest absolute Gasteiger partial charge is 0.333 e. The highest BCUT2D eigenvalue weighted by Crippen LogP contribution is 2.60. The third-order valence-electron chi connectivity index (χ3n) is 19.1. The van der Waals surface area contributed by atoms with Crippen molar-refractivity contribution in [3.8, 4) is 55.6 Å². The first kappa shape index (κ1) is 53.4. The Hall–Kier alpha value is -10.1. The molecule has 0 N–H and O–H groups in total. The van der Waals surface area contributed by atoms with E-state index in [2.05, 4.69) is 337 Å². The van der Waals surface area contributed by atoms with Crippen molar-refractivity contribution in [2.45, 2.75) is 71.6 Å². The van der Waals surface area contributed by atoms with Crippen LogP contribution in [0.2, 0.25) is 0 Å². The van der Waals surface area contributed by atoms with Crippen molar-refractivity contribution in [1.29, 1.82) is 0 Å². The molecule has 16 rings (SSSR count). The van der Waals surface area contributed by atoms with E-state index in [1.54, 1.807) is 0 Å². The fraction of sp³-hybridized carbons (Fsp3) is 0.133. The van der Waals surface area contributed by atoms with Crippen LogP contribution in [0.3, 0.4) is 0 Å². The van der Waals surface area contributed by atoms with Gasteiger partial charge in [0.05, 0.1) is 5.69 Å². The molecule has 5 heteroatoms. The van der Waals surface area contributed by atoms with Crippen molar-refractivity contribution in [3.63, 3.8) is 0 Å². The zero-order chi connectivity index (χ0) is 59.8. The first-order valence-corrected chi connectivity index (χ1v) is 31.1. The number of rotatable bonds is 8. The molecule has 3 aliphatic rings. The molecule has 424 valence electrons. The molecular formula is C83H68BN3O. The van der Waals surface area contributed by atoms with Gasteiger partial charge in [-0.15, -0.1) is 0 Å². The van der Waals surface area contributed by atoms with Crippen LogP contribution in [0.5, 0.6) is 0 Å². The fourth-order valence-corrected chi connectivity index (χ4v) is 14.7. The molecule has 0 unspecified atom stereocenters. The number of furan rings is 1. The summed E-state index contributed by atoms with van der Waals surface area (Å²) in [6.07, 6.45) is 0. The van der Waals surface area contributed by atoms with Gasteiger partial charge in [-0.25, -0.2) is 0 Å². The number of hydrogen-bond acceptors (Lipinski definition) is 4. The van der Waals surface area contributed by atoms with Gasteiger partial charge in [0, 0.05) is 67.1 Å². The highest BCUT2D eigenvalue weighted by Gasteiger charge is 2.51. The van der Waals surface area contributed by atoms with E-state index < -0.39 is 0 Å². The first-order chi connectivity index (χ1) is 42.7. The molecule has 3 heterocycles. The van der Waals surface area contributed by atoms with E-state index in [9.17, 15) is 0 Å². The van der Waals surface area contributed by atoms with E-state index in [1.807, 2.05) is 0 Å². The van der Waals surface area contributed by atoms with Crippen LogP contribution in [0.4, 0.5) is 45.5 Å². The molecule has 0 amide bonds. The van der Waals surface area contributed by atoms with E-state index in [4.69, 9.17) is 4.42 Å². The summed E-state index contributed by atoms with van der Waals surface area (Å²) in [4.78, 5) is 7.78. The van der Waals surface area contributed by atoms with Crippen molar-refractivity contribution in [2.24, 2.45) is 0 Å². The summed E-state index contributed by atoms with van der Waals surface area (Å²) in [5.74, 6) is 0. The zero-order valence-electron chi connectivity index (χ0n) is 51.2. The van der Waals surface area contributed by atoms with Gasteiger partial charge in [0.1, 0.15) is 11.2 Å². The van der Waals surface area contributed by atoms with Gasteiger partial charge < -0.3 is 19.0 Å². The molecule has 88 heavy (non-hydrogen) atoms. The van der Waals surface area contributed by atoms with Gasteiger partial charge in [-0.2, -0.15) is 0 Å². The quantitative estimate of drug-likeness (QED) is 0.141. The number of para-hydroxylation sites is 1. The summed E-state index contributed by atoms with van der Waals surface area (Å²) < 4.78 is 6.94. The maximum atomic E-state index is 6.94. The van der Waals surface area contributed by atoms with Gasteiger partial charge in [-0.05, 0) is 173 Å². The van der Waals surface area contributed by atoms with Gasteiger partial charge in [-0.1, -0.05) is 237 Å². The second-order valence-corrected chi connectivity index (χ2v) is 26.9. The lowest BCUT2D eigenvalue weighted by atomic mass is 9.42.